The summed E-state index contributed by atoms with van der Waals surface area (Å²) in [6, 6.07) is 1.85. The van der Waals surface area contributed by atoms with E-state index in [0.717, 1.165) is 21.8 Å². The van der Waals surface area contributed by atoms with E-state index < -0.39 is 0 Å². The molecule has 0 saturated heterocycles. The molecular weight excluding hydrogens is 334 g/mol. The van der Waals surface area contributed by atoms with E-state index in [1.807, 2.05) is 6.07 Å². The normalized spacial score (nSPS) is 12.5. The maximum absolute atomic E-state index is 12.0. The number of halogens is 2. The third-order valence-corrected chi connectivity index (χ3v) is 3.43. The number of hydrogen-bond acceptors (Lipinski definition) is 2. The van der Waals surface area contributed by atoms with Gasteiger partial charge in [0.1, 0.15) is 5.69 Å². The van der Waals surface area contributed by atoms with Gasteiger partial charge < -0.3 is 0 Å². The van der Waals surface area contributed by atoms with Crippen molar-refractivity contribution in [1.29, 1.82) is 0 Å². The smallest absolute Gasteiger partial charge is 0.182 e. The Morgan fingerprint density at radius 1 is 1.50 bits per heavy atom. The summed E-state index contributed by atoms with van der Waals surface area (Å²) in [5, 5.41) is 0. The van der Waals surface area contributed by atoms with Gasteiger partial charge in [0.2, 0.25) is 0 Å². The molecule has 0 bridgehead atoms. The van der Waals surface area contributed by atoms with E-state index in [1.165, 1.54) is 0 Å². The molecule has 16 heavy (non-hydrogen) atoms. The van der Waals surface area contributed by atoms with Crippen molar-refractivity contribution in [3.05, 3.63) is 26.9 Å². The van der Waals surface area contributed by atoms with Gasteiger partial charge in [-0.05, 0) is 43.8 Å². The van der Waals surface area contributed by atoms with Crippen LogP contribution in [0.3, 0.4) is 0 Å². The Morgan fingerprint density at radius 3 is 2.75 bits per heavy atom. The summed E-state index contributed by atoms with van der Waals surface area (Å²) in [7, 11) is 0. The van der Waals surface area contributed by atoms with Crippen LogP contribution in [0.4, 0.5) is 0 Å². The van der Waals surface area contributed by atoms with Crippen molar-refractivity contribution in [3.8, 4) is 0 Å². The number of nitrogens with zero attached hydrogens (tertiary/aromatic N) is 1. The molecule has 0 fully saturated rings. The van der Waals surface area contributed by atoms with Crippen LogP contribution in [0.2, 0.25) is 0 Å². The molecule has 1 atom stereocenters. The molecule has 1 aromatic heterocycles. The Labute approximate surface area is 113 Å². The molecule has 4 heteroatoms. The van der Waals surface area contributed by atoms with Gasteiger partial charge >= 0.3 is 0 Å². The molecular formula is C12H15Br2NO. The van der Waals surface area contributed by atoms with Crippen LogP contribution in [0, 0.1) is 5.92 Å². The van der Waals surface area contributed by atoms with Crippen LogP contribution in [0.15, 0.2) is 21.2 Å². The van der Waals surface area contributed by atoms with E-state index in [1.54, 1.807) is 6.20 Å². The molecule has 0 saturated carbocycles. The average Bonchev–Trinajstić information content (AvgIpc) is 2.17. The molecule has 0 N–H and O–H groups in total. The fourth-order valence-electron chi connectivity index (χ4n) is 1.63. The number of hydrogen-bond donors (Lipinski definition) is 0. The molecule has 0 radical (unpaired) electrons. The van der Waals surface area contributed by atoms with Crippen molar-refractivity contribution >= 4 is 37.6 Å². The van der Waals surface area contributed by atoms with Gasteiger partial charge in [0.25, 0.3) is 0 Å². The summed E-state index contributed by atoms with van der Waals surface area (Å²) >= 11 is 6.68. The highest BCUT2D eigenvalue weighted by atomic mass is 79.9. The number of ketones is 1. The topological polar surface area (TPSA) is 30.0 Å². The summed E-state index contributed by atoms with van der Waals surface area (Å²) in [4.78, 5) is 16.1. The van der Waals surface area contributed by atoms with E-state index in [4.69, 9.17) is 0 Å². The summed E-state index contributed by atoms with van der Waals surface area (Å²) in [5.41, 5.74) is 0.533. The Bertz CT molecular complexity index is 379. The lowest BCUT2D eigenvalue weighted by atomic mass is 9.98. The van der Waals surface area contributed by atoms with Crippen LogP contribution in [0.5, 0.6) is 0 Å². The standard InChI is InChI=1S/C12H15Br2NO/c1-3-4-8(2)5-11(16)12-10(14)6-9(13)7-15-12/h6-8H,3-5H2,1-2H3. The van der Waals surface area contributed by atoms with Crippen molar-refractivity contribution in [2.45, 2.75) is 33.1 Å². The maximum atomic E-state index is 12.0. The molecule has 0 spiro atoms. The molecule has 1 aromatic rings. The Morgan fingerprint density at radius 2 is 2.19 bits per heavy atom. The average molecular weight is 349 g/mol. The fraction of sp³-hybridized carbons (Fsp3) is 0.500. The first kappa shape index (κ1) is 13.8. The summed E-state index contributed by atoms with van der Waals surface area (Å²) in [6.45, 7) is 4.24. The van der Waals surface area contributed by atoms with Gasteiger partial charge in [-0.1, -0.05) is 26.7 Å². The largest absolute Gasteiger partial charge is 0.292 e. The van der Waals surface area contributed by atoms with Crippen molar-refractivity contribution in [2.24, 2.45) is 5.92 Å². The molecule has 0 aliphatic rings. The van der Waals surface area contributed by atoms with Crippen LogP contribution >= 0.6 is 31.9 Å². The lowest BCUT2D eigenvalue weighted by Crippen LogP contribution is -2.08. The minimum absolute atomic E-state index is 0.111. The van der Waals surface area contributed by atoms with Crippen LogP contribution in [0.1, 0.15) is 43.6 Å². The van der Waals surface area contributed by atoms with Crippen LogP contribution < -0.4 is 0 Å². The molecule has 1 heterocycles. The third kappa shape index (κ3) is 3.98. The second-order valence-corrected chi connectivity index (χ2v) is 5.78. The van der Waals surface area contributed by atoms with Crippen molar-refractivity contribution in [2.75, 3.05) is 0 Å². The Hall–Kier alpha value is -0.220. The summed E-state index contributed by atoms with van der Waals surface area (Å²) < 4.78 is 1.63. The van der Waals surface area contributed by atoms with Crippen molar-refractivity contribution in [3.63, 3.8) is 0 Å². The SMILES string of the molecule is CCCC(C)CC(=O)c1ncc(Br)cc1Br. The van der Waals surface area contributed by atoms with Gasteiger partial charge in [-0.3, -0.25) is 9.78 Å². The van der Waals surface area contributed by atoms with E-state index in [2.05, 4.69) is 50.7 Å². The zero-order valence-electron chi connectivity index (χ0n) is 9.46. The van der Waals surface area contributed by atoms with Gasteiger partial charge in [-0.25, -0.2) is 0 Å². The lowest BCUT2D eigenvalue weighted by molar-refractivity contribution is 0.0957. The second kappa shape index (κ2) is 6.50. The highest BCUT2D eigenvalue weighted by Crippen LogP contribution is 2.22. The minimum Gasteiger partial charge on any atom is -0.292 e. The lowest BCUT2D eigenvalue weighted by Gasteiger charge is -2.09. The predicted molar refractivity (Wildman–Crippen MR) is 72.7 cm³/mol. The zero-order chi connectivity index (χ0) is 12.1. The van der Waals surface area contributed by atoms with Gasteiger partial charge in [-0.15, -0.1) is 0 Å². The number of carbonyl (C=O) groups is 1. The molecule has 1 rings (SSSR count). The number of carbonyl (C=O) groups excluding carboxylic acids is 1. The molecule has 0 aliphatic heterocycles. The van der Waals surface area contributed by atoms with Crippen molar-refractivity contribution in [1.82, 2.24) is 4.98 Å². The first-order valence-electron chi connectivity index (χ1n) is 5.38. The zero-order valence-corrected chi connectivity index (χ0v) is 12.6. The molecule has 1 unspecified atom stereocenters. The number of pyridine rings is 1. The van der Waals surface area contributed by atoms with Gasteiger partial charge in [0.05, 0.1) is 0 Å². The quantitative estimate of drug-likeness (QED) is 0.727. The molecule has 0 aromatic carbocycles. The highest BCUT2D eigenvalue weighted by molar-refractivity contribution is 9.11. The number of aromatic nitrogens is 1. The predicted octanol–water partition coefficient (Wildman–Crippen LogP) is 4.62. The minimum atomic E-state index is 0.111. The highest BCUT2D eigenvalue weighted by Gasteiger charge is 2.15. The first-order chi connectivity index (χ1) is 7.54. The fourth-order valence-corrected chi connectivity index (χ4v) is 2.84. The van der Waals surface area contributed by atoms with E-state index >= 15 is 0 Å². The number of rotatable bonds is 5. The molecule has 0 aliphatic carbocycles. The van der Waals surface area contributed by atoms with Crippen LogP contribution in [-0.2, 0) is 0 Å². The van der Waals surface area contributed by atoms with E-state index in [9.17, 15) is 4.79 Å². The van der Waals surface area contributed by atoms with Crippen molar-refractivity contribution < 1.29 is 4.79 Å². The molecule has 0 amide bonds. The van der Waals surface area contributed by atoms with E-state index in [0.29, 0.717) is 18.0 Å². The first-order valence-corrected chi connectivity index (χ1v) is 6.97. The molecule has 88 valence electrons. The van der Waals surface area contributed by atoms with Gasteiger partial charge in [0, 0.05) is 21.6 Å². The second-order valence-electron chi connectivity index (χ2n) is 4.01. The maximum Gasteiger partial charge on any atom is 0.182 e. The number of Topliss-reactive ketones (excluding diaryl/α,β-unsaturated/α-hetero) is 1. The Kier molecular flexibility index (Phi) is 5.62. The van der Waals surface area contributed by atoms with Gasteiger partial charge in [-0.2, -0.15) is 0 Å². The monoisotopic (exact) mass is 347 g/mol. The third-order valence-electron chi connectivity index (χ3n) is 2.39. The Balaban J connectivity index is 2.73. The van der Waals surface area contributed by atoms with Crippen LogP contribution in [0.25, 0.3) is 0 Å². The summed E-state index contributed by atoms with van der Waals surface area (Å²) in [6.07, 6.45) is 4.42. The van der Waals surface area contributed by atoms with Gasteiger partial charge in [0.15, 0.2) is 5.78 Å². The molecule has 2 nitrogen and oxygen atoms in total. The van der Waals surface area contributed by atoms with E-state index in [-0.39, 0.29) is 5.78 Å². The summed E-state index contributed by atoms with van der Waals surface area (Å²) in [5.74, 6) is 0.537. The van der Waals surface area contributed by atoms with Crippen LogP contribution in [-0.4, -0.2) is 10.8 Å².